The molecule has 162 valence electrons. The van der Waals surface area contributed by atoms with Gasteiger partial charge in [0.2, 0.25) is 5.91 Å². The molecule has 1 aliphatic rings. The third kappa shape index (κ3) is 5.86. The second-order valence-corrected chi connectivity index (χ2v) is 7.81. The van der Waals surface area contributed by atoms with Crippen molar-refractivity contribution in [2.24, 2.45) is 4.99 Å². The number of nitrogens with one attached hydrogen (secondary N) is 2. The monoisotopic (exact) mass is 412 g/mol. The first-order valence-corrected chi connectivity index (χ1v) is 10.6. The number of nitrogens with zero attached hydrogens (tertiary/aromatic N) is 2. The molecule has 0 saturated carbocycles. The van der Waals surface area contributed by atoms with Crippen molar-refractivity contribution in [3.05, 3.63) is 59.5 Å². The summed E-state index contributed by atoms with van der Waals surface area (Å²) in [6, 6.07) is 11.8. The zero-order chi connectivity index (χ0) is 21.4. The molecule has 0 aliphatic carbocycles. The number of carbonyl (C=O) groups excluding carboxylic acids is 1. The van der Waals surface area contributed by atoms with Crippen molar-refractivity contribution in [2.75, 3.05) is 26.2 Å². The molecule has 3 rings (SSSR count). The van der Waals surface area contributed by atoms with E-state index < -0.39 is 5.60 Å². The lowest BCUT2D eigenvalue weighted by molar-refractivity contribution is -0.132. The molecule has 7 heteroatoms. The number of rotatable bonds is 8. The summed E-state index contributed by atoms with van der Waals surface area (Å²) >= 11 is 0. The van der Waals surface area contributed by atoms with Crippen LogP contribution in [0.25, 0.3) is 0 Å². The van der Waals surface area contributed by atoms with E-state index in [0.717, 1.165) is 19.4 Å². The quantitative estimate of drug-likeness (QED) is 0.352. The molecule has 1 unspecified atom stereocenters. The van der Waals surface area contributed by atoms with E-state index in [1.54, 1.807) is 19.1 Å². The van der Waals surface area contributed by atoms with E-state index in [0.29, 0.717) is 37.8 Å². The van der Waals surface area contributed by atoms with Gasteiger partial charge in [0.25, 0.3) is 0 Å². The number of hydrogen-bond acceptors (Lipinski definition) is 4. The van der Waals surface area contributed by atoms with Gasteiger partial charge in [0, 0.05) is 32.6 Å². The molecule has 1 amide bonds. The predicted molar refractivity (Wildman–Crippen MR) is 117 cm³/mol. The number of guanidine groups is 1. The van der Waals surface area contributed by atoms with E-state index in [1.165, 1.54) is 17.4 Å². The normalized spacial score (nSPS) is 16.0. The molecule has 0 spiro atoms. The maximum atomic E-state index is 12.6. The van der Waals surface area contributed by atoms with Gasteiger partial charge in [-0.25, -0.2) is 4.99 Å². The van der Waals surface area contributed by atoms with Crippen molar-refractivity contribution in [1.82, 2.24) is 15.5 Å². The predicted octanol–water partition coefficient (Wildman–Crippen LogP) is 2.41. The van der Waals surface area contributed by atoms with Crippen LogP contribution < -0.4 is 10.6 Å². The Morgan fingerprint density at radius 3 is 2.77 bits per heavy atom. The van der Waals surface area contributed by atoms with E-state index in [4.69, 9.17) is 4.42 Å². The van der Waals surface area contributed by atoms with Gasteiger partial charge in [-0.2, -0.15) is 0 Å². The molecule has 0 saturated heterocycles. The summed E-state index contributed by atoms with van der Waals surface area (Å²) in [6.45, 7) is 6.66. The van der Waals surface area contributed by atoms with Crippen LogP contribution in [0, 0.1) is 0 Å². The summed E-state index contributed by atoms with van der Waals surface area (Å²) in [7, 11) is 0. The molecule has 1 aromatic heterocycles. The van der Waals surface area contributed by atoms with E-state index >= 15 is 0 Å². The third-order valence-corrected chi connectivity index (χ3v) is 5.28. The topological polar surface area (TPSA) is 90.1 Å². The number of benzene rings is 1. The Morgan fingerprint density at radius 2 is 2.03 bits per heavy atom. The molecule has 0 radical (unpaired) electrons. The number of fused-ring (bicyclic) bond motifs is 1. The van der Waals surface area contributed by atoms with Crippen LogP contribution >= 0.6 is 0 Å². The molecule has 0 bridgehead atoms. The first-order valence-electron chi connectivity index (χ1n) is 10.6. The number of carbonyl (C=O) groups is 1. The summed E-state index contributed by atoms with van der Waals surface area (Å²) in [4.78, 5) is 19.0. The highest BCUT2D eigenvalue weighted by Crippen LogP contribution is 2.21. The first kappa shape index (κ1) is 21.9. The van der Waals surface area contributed by atoms with Gasteiger partial charge in [0.1, 0.15) is 11.4 Å². The van der Waals surface area contributed by atoms with Crippen molar-refractivity contribution in [1.29, 1.82) is 0 Å². The summed E-state index contributed by atoms with van der Waals surface area (Å²) in [5.41, 5.74) is 1.42. The van der Waals surface area contributed by atoms with Crippen molar-refractivity contribution in [2.45, 2.75) is 45.3 Å². The minimum Gasteiger partial charge on any atom is -0.466 e. The third-order valence-electron chi connectivity index (χ3n) is 5.28. The molecule has 1 aliphatic heterocycles. The number of aliphatic hydroxyl groups is 1. The summed E-state index contributed by atoms with van der Waals surface area (Å²) in [5, 5.41) is 16.9. The maximum absolute atomic E-state index is 12.6. The van der Waals surface area contributed by atoms with Gasteiger partial charge >= 0.3 is 0 Å². The average molecular weight is 413 g/mol. The van der Waals surface area contributed by atoms with Crippen molar-refractivity contribution in [3.8, 4) is 0 Å². The van der Waals surface area contributed by atoms with Crippen LogP contribution in [0.4, 0.5) is 0 Å². The van der Waals surface area contributed by atoms with Crippen LogP contribution in [-0.2, 0) is 23.4 Å². The Balaban J connectivity index is 1.44. The largest absolute Gasteiger partial charge is 0.466 e. The lowest BCUT2D eigenvalue weighted by Gasteiger charge is -2.29. The summed E-state index contributed by atoms with van der Waals surface area (Å²) < 4.78 is 5.29. The van der Waals surface area contributed by atoms with Gasteiger partial charge in [0.15, 0.2) is 5.96 Å². The molecule has 2 heterocycles. The minimum atomic E-state index is -1.17. The van der Waals surface area contributed by atoms with Gasteiger partial charge in [-0.15, -0.1) is 0 Å². The van der Waals surface area contributed by atoms with Gasteiger partial charge < -0.3 is 25.1 Å². The van der Waals surface area contributed by atoms with Gasteiger partial charge in [-0.05, 0) is 49.9 Å². The number of hydrogen-bond donors (Lipinski definition) is 3. The fraction of sp³-hybridized carbons (Fsp3) is 0.478. The number of furan rings is 1. The highest BCUT2D eigenvalue weighted by atomic mass is 16.4. The molecule has 1 atom stereocenters. The standard InChI is InChI=1S/C23H32N4O3/c1-3-24-22(26-17-23(2,29)20-10-7-15-30-20)25-13-6-11-21(28)27-14-12-18-8-4-5-9-19(18)16-27/h4-5,7-10,15,29H,3,6,11-14,16-17H2,1-2H3,(H2,24,25,26). The van der Waals surface area contributed by atoms with Gasteiger partial charge in [-0.3, -0.25) is 4.79 Å². The number of aliphatic imine (C=N–C) groups is 1. The van der Waals surface area contributed by atoms with Crippen LogP contribution in [0.5, 0.6) is 0 Å². The zero-order valence-electron chi connectivity index (χ0n) is 17.9. The number of amides is 1. The second-order valence-electron chi connectivity index (χ2n) is 7.81. The fourth-order valence-electron chi connectivity index (χ4n) is 3.55. The maximum Gasteiger partial charge on any atom is 0.222 e. The van der Waals surface area contributed by atoms with Crippen molar-refractivity contribution < 1.29 is 14.3 Å². The van der Waals surface area contributed by atoms with Crippen LogP contribution in [0.3, 0.4) is 0 Å². The van der Waals surface area contributed by atoms with E-state index in [1.807, 2.05) is 17.9 Å². The van der Waals surface area contributed by atoms with Crippen molar-refractivity contribution in [3.63, 3.8) is 0 Å². The molecule has 2 aromatic rings. The van der Waals surface area contributed by atoms with E-state index in [9.17, 15) is 9.90 Å². The van der Waals surface area contributed by atoms with E-state index in [2.05, 4.69) is 33.8 Å². The highest BCUT2D eigenvalue weighted by molar-refractivity contribution is 5.80. The van der Waals surface area contributed by atoms with Crippen LogP contribution in [0.2, 0.25) is 0 Å². The van der Waals surface area contributed by atoms with Gasteiger partial charge in [0.05, 0.1) is 12.8 Å². The second kappa shape index (κ2) is 10.3. The van der Waals surface area contributed by atoms with E-state index in [-0.39, 0.29) is 12.5 Å². The Hall–Kier alpha value is -2.80. The molecule has 0 fully saturated rings. The van der Waals surface area contributed by atoms with Crippen molar-refractivity contribution >= 4 is 11.9 Å². The summed E-state index contributed by atoms with van der Waals surface area (Å²) in [5.74, 6) is 1.29. The molecule has 1 aromatic carbocycles. The average Bonchev–Trinajstić information content (AvgIpc) is 3.30. The molecule has 3 N–H and O–H groups in total. The highest BCUT2D eigenvalue weighted by Gasteiger charge is 2.26. The van der Waals surface area contributed by atoms with Crippen LogP contribution in [-0.4, -0.2) is 48.1 Å². The minimum absolute atomic E-state index is 0.169. The SMILES string of the molecule is CCNC(=NCC(C)(O)c1ccco1)NCCCC(=O)N1CCc2ccccc2C1. The Kier molecular flexibility index (Phi) is 7.52. The Morgan fingerprint density at radius 1 is 1.23 bits per heavy atom. The first-order chi connectivity index (χ1) is 14.5. The Bertz CT molecular complexity index is 846. The van der Waals surface area contributed by atoms with Gasteiger partial charge in [-0.1, -0.05) is 24.3 Å². The summed E-state index contributed by atoms with van der Waals surface area (Å²) in [6.07, 6.45) is 3.68. The van der Waals surface area contributed by atoms with Crippen LogP contribution in [0.1, 0.15) is 43.6 Å². The Labute approximate surface area is 178 Å². The molecule has 30 heavy (non-hydrogen) atoms. The molecule has 7 nitrogen and oxygen atoms in total. The molecular weight excluding hydrogens is 380 g/mol. The molecular formula is C23H32N4O3. The lowest BCUT2D eigenvalue weighted by Crippen LogP contribution is -2.40. The fourth-order valence-corrected chi connectivity index (χ4v) is 3.55. The van der Waals surface area contributed by atoms with Crippen LogP contribution in [0.15, 0.2) is 52.1 Å². The smallest absolute Gasteiger partial charge is 0.222 e. The zero-order valence-corrected chi connectivity index (χ0v) is 17.9. The lowest BCUT2D eigenvalue weighted by atomic mass is 9.99.